The van der Waals surface area contributed by atoms with Gasteiger partial charge in [-0.1, -0.05) is 13.8 Å². The molecule has 216 valence electrons. The molecule has 0 aromatic carbocycles. The van der Waals surface area contributed by atoms with Gasteiger partial charge in [0.1, 0.15) is 24.6 Å². The van der Waals surface area contributed by atoms with Gasteiger partial charge in [-0.15, -0.1) is 0 Å². The Morgan fingerprint density at radius 3 is 2.51 bits per heavy atom. The van der Waals surface area contributed by atoms with Crippen LogP contribution in [0, 0.1) is 34.5 Å². The van der Waals surface area contributed by atoms with Gasteiger partial charge in [0.25, 0.3) is 0 Å². The van der Waals surface area contributed by atoms with Gasteiger partial charge >= 0.3 is 5.97 Å². The molecule has 14 unspecified atom stereocenters. The van der Waals surface area contributed by atoms with Crippen LogP contribution in [0.2, 0.25) is 0 Å². The Bertz CT molecular complexity index is 1120. The zero-order chi connectivity index (χ0) is 27.7. The van der Waals surface area contributed by atoms with Crippen molar-refractivity contribution in [2.75, 3.05) is 6.61 Å². The molecule has 4 saturated carbocycles. The molecule has 6 fully saturated rings. The maximum atomic E-state index is 14.1. The molecule has 7 rings (SSSR count). The van der Waals surface area contributed by atoms with Crippen molar-refractivity contribution in [3.05, 3.63) is 11.6 Å². The van der Waals surface area contributed by atoms with E-state index in [0.29, 0.717) is 25.7 Å². The molecule has 4 N–H and O–H groups in total. The van der Waals surface area contributed by atoms with Gasteiger partial charge in [-0.05, 0) is 74.2 Å². The quantitative estimate of drug-likeness (QED) is 0.276. The maximum Gasteiger partial charge on any atom is 0.331 e. The van der Waals surface area contributed by atoms with E-state index in [0.717, 1.165) is 18.4 Å². The SMILES string of the molecule is CC1OC2OC3CC4CCC5C(C(=O)CC6(C)C(C7=CC(=O)OC7)CCC56O)C4(C)CC3OC2(O)C(O)C1O. The lowest BCUT2D eigenvalue weighted by Gasteiger charge is -2.64. The first-order valence-electron chi connectivity index (χ1n) is 14.5. The molecule has 10 heteroatoms. The van der Waals surface area contributed by atoms with Crippen LogP contribution in [0.1, 0.15) is 65.7 Å². The lowest BCUT2D eigenvalue weighted by molar-refractivity contribution is -0.469. The fraction of sp³-hybridized carbons (Fsp3) is 0.862. The molecular weight excluding hydrogens is 508 g/mol. The van der Waals surface area contributed by atoms with Gasteiger partial charge in [0, 0.05) is 23.8 Å². The summed E-state index contributed by atoms with van der Waals surface area (Å²) in [5.74, 6) is -2.97. The number of fused-ring (bicyclic) bond motifs is 7. The molecule has 39 heavy (non-hydrogen) atoms. The molecule has 0 spiro atoms. The van der Waals surface area contributed by atoms with Gasteiger partial charge in [-0.3, -0.25) is 4.79 Å². The Morgan fingerprint density at radius 2 is 1.79 bits per heavy atom. The molecule has 3 heterocycles. The summed E-state index contributed by atoms with van der Waals surface area (Å²) < 4.78 is 23.2. The van der Waals surface area contributed by atoms with Crippen molar-refractivity contribution in [3.63, 3.8) is 0 Å². The minimum atomic E-state index is -2.22. The molecule has 3 aliphatic heterocycles. The number of ketones is 1. The summed E-state index contributed by atoms with van der Waals surface area (Å²) in [6.45, 7) is 5.96. The van der Waals surface area contributed by atoms with Gasteiger partial charge < -0.3 is 39.4 Å². The number of hydrogen-bond donors (Lipinski definition) is 4. The highest BCUT2D eigenvalue weighted by Gasteiger charge is 2.72. The van der Waals surface area contributed by atoms with Crippen molar-refractivity contribution in [1.29, 1.82) is 0 Å². The van der Waals surface area contributed by atoms with E-state index in [1.807, 2.05) is 6.92 Å². The number of ether oxygens (including phenoxy) is 4. The summed E-state index contributed by atoms with van der Waals surface area (Å²) in [6, 6.07) is 0. The summed E-state index contributed by atoms with van der Waals surface area (Å²) in [4.78, 5) is 26.0. The summed E-state index contributed by atoms with van der Waals surface area (Å²) in [6.07, 6.45) is -0.230. The monoisotopic (exact) mass is 548 g/mol. The van der Waals surface area contributed by atoms with E-state index in [4.69, 9.17) is 18.9 Å². The number of carbonyl (C=O) groups is 2. The topological polar surface area (TPSA) is 152 Å². The number of hydrogen-bond acceptors (Lipinski definition) is 10. The number of cyclic esters (lactones) is 1. The number of aliphatic hydroxyl groups excluding tert-OH is 2. The normalized spacial score (nSPS) is 58.4. The predicted octanol–water partition coefficient (Wildman–Crippen LogP) is 0.972. The Morgan fingerprint density at radius 1 is 1.03 bits per heavy atom. The summed E-state index contributed by atoms with van der Waals surface area (Å²) >= 11 is 0. The van der Waals surface area contributed by atoms with E-state index in [-0.39, 0.29) is 54.6 Å². The smallest absolute Gasteiger partial charge is 0.331 e. The summed E-state index contributed by atoms with van der Waals surface area (Å²) in [7, 11) is 0. The summed E-state index contributed by atoms with van der Waals surface area (Å²) in [5.41, 5.74) is -1.34. The Kier molecular flexibility index (Phi) is 5.66. The molecule has 0 aromatic rings. The van der Waals surface area contributed by atoms with E-state index in [9.17, 15) is 30.0 Å². The predicted molar refractivity (Wildman–Crippen MR) is 133 cm³/mol. The first-order chi connectivity index (χ1) is 18.3. The fourth-order valence-electron chi connectivity index (χ4n) is 10.1. The van der Waals surface area contributed by atoms with Crippen molar-refractivity contribution in [2.45, 2.75) is 114 Å². The first-order valence-corrected chi connectivity index (χ1v) is 14.5. The highest BCUT2D eigenvalue weighted by Crippen LogP contribution is 2.69. The number of aliphatic hydroxyl groups is 4. The Labute approximate surface area is 227 Å². The molecule has 0 amide bonds. The molecule has 7 aliphatic rings. The van der Waals surface area contributed by atoms with Crippen LogP contribution in [-0.2, 0) is 28.5 Å². The lowest BCUT2D eigenvalue weighted by Crippen LogP contribution is -2.73. The van der Waals surface area contributed by atoms with Crippen LogP contribution in [-0.4, -0.2) is 87.0 Å². The van der Waals surface area contributed by atoms with Gasteiger partial charge in [0.15, 0.2) is 0 Å². The van der Waals surface area contributed by atoms with E-state index < -0.39 is 52.9 Å². The van der Waals surface area contributed by atoms with Crippen molar-refractivity contribution >= 4 is 11.8 Å². The lowest BCUT2D eigenvalue weighted by atomic mass is 9.42. The van der Waals surface area contributed by atoms with Crippen LogP contribution in [0.3, 0.4) is 0 Å². The van der Waals surface area contributed by atoms with Gasteiger partial charge in [-0.2, -0.15) is 0 Å². The molecule has 0 radical (unpaired) electrons. The maximum absolute atomic E-state index is 14.1. The molecule has 10 nitrogen and oxygen atoms in total. The average Bonchev–Trinajstić information content (AvgIpc) is 3.41. The second kappa shape index (κ2) is 8.33. The van der Waals surface area contributed by atoms with Crippen LogP contribution in [0.4, 0.5) is 0 Å². The second-order valence-corrected chi connectivity index (χ2v) is 13.9. The Balaban J connectivity index is 1.19. The average molecular weight is 549 g/mol. The van der Waals surface area contributed by atoms with E-state index in [1.54, 1.807) is 6.92 Å². The molecule has 14 atom stereocenters. The molecular formula is C29H40O10. The van der Waals surface area contributed by atoms with Crippen LogP contribution in [0.15, 0.2) is 11.6 Å². The third kappa shape index (κ3) is 3.34. The van der Waals surface area contributed by atoms with Crippen molar-refractivity contribution < 1.29 is 49.0 Å². The Hall–Kier alpha value is -1.40. The molecule has 2 saturated heterocycles. The van der Waals surface area contributed by atoms with E-state index in [2.05, 4.69) is 6.92 Å². The van der Waals surface area contributed by atoms with Crippen LogP contribution >= 0.6 is 0 Å². The van der Waals surface area contributed by atoms with Crippen molar-refractivity contribution in [2.24, 2.45) is 34.5 Å². The molecule has 4 aliphatic carbocycles. The number of rotatable bonds is 1. The fourth-order valence-corrected chi connectivity index (χ4v) is 10.1. The van der Waals surface area contributed by atoms with Crippen molar-refractivity contribution in [1.82, 2.24) is 0 Å². The van der Waals surface area contributed by atoms with Crippen LogP contribution in [0.25, 0.3) is 0 Å². The standard InChI is InChI=1S/C29H40O10/c1-13-23(32)24(33)29(35)25(37-13)38-19-9-15-4-5-17-22(26(15,2)11-20(19)39-29)18(30)10-27(3)16(6-7-28(17,27)34)14-8-21(31)36-12-14/h8,13,15-17,19-20,22-25,32-35H,4-7,9-12H2,1-3H3. The zero-order valence-corrected chi connectivity index (χ0v) is 22.7. The third-order valence-corrected chi connectivity index (χ3v) is 12.2. The van der Waals surface area contributed by atoms with Gasteiger partial charge in [0.2, 0.25) is 12.1 Å². The minimum absolute atomic E-state index is 0.0806. The van der Waals surface area contributed by atoms with E-state index >= 15 is 0 Å². The van der Waals surface area contributed by atoms with Gasteiger partial charge in [0.05, 0.1) is 23.9 Å². The van der Waals surface area contributed by atoms with Crippen LogP contribution in [0.5, 0.6) is 0 Å². The van der Waals surface area contributed by atoms with Crippen LogP contribution < -0.4 is 0 Å². The minimum Gasteiger partial charge on any atom is -0.458 e. The zero-order valence-electron chi connectivity index (χ0n) is 22.7. The summed E-state index contributed by atoms with van der Waals surface area (Å²) in [5, 5.41) is 44.8. The highest BCUT2D eigenvalue weighted by molar-refractivity contribution is 5.86. The number of Topliss-reactive ketones (excluding diaryl/α,β-unsaturated/α-hetero) is 1. The van der Waals surface area contributed by atoms with Crippen molar-refractivity contribution in [3.8, 4) is 0 Å². The van der Waals surface area contributed by atoms with E-state index in [1.165, 1.54) is 6.08 Å². The number of esters is 1. The largest absolute Gasteiger partial charge is 0.458 e. The number of carbonyl (C=O) groups excluding carboxylic acids is 2. The molecule has 0 bridgehead atoms. The second-order valence-electron chi connectivity index (χ2n) is 13.9. The van der Waals surface area contributed by atoms with Gasteiger partial charge in [-0.25, -0.2) is 4.79 Å². The first kappa shape index (κ1) is 26.5. The highest BCUT2D eigenvalue weighted by atomic mass is 16.8. The molecule has 0 aromatic heterocycles. The third-order valence-electron chi connectivity index (χ3n) is 12.2.